The second-order valence-electron chi connectivity index (χ2n) is 5.97. The van der Waals surface area contributed by atoms with Crippen molar-refractivity contribution in [1.29, 1.82) is 0 Å². The quantitative estimate of drug-likeness (QED) is 0.774. The number of aromatic nitrogens is 3. The molecule has 0 aliphatic carbocycles. The van der Waals surface area contributed by atoms with Crippen LogP contribution in [0.3, 0.4) is 0 Å². The second kappa shape index (κ2) is 6.70. The Kier molecular flexibility index (Phi) is 4.27. The van der Waals surface area contributed by atoms with Gasteiger partial charge in [-0.3, -0.25) is 19.1 Å². The predicted molar refractivity (Wildman–Crippen MR) is 93.2 cm³/mol. The van der Waals surface area contributed by atoms with E-state index in [9.17, 15) is 4.79 Å². The molecule has 7 heteroatoms. The fraction of sp³-hybridized carbons (Fsp3) is 0.353. The highest BCUT2D eigenvalue weighted by Crippen LogP contribution is 2.24. The first-order chi connectivity index (χ1) is 11.8. The van der Waals surface area contributed by atoms with Gasteiger partial charge in [-0.25, -0.2) is 4.98 Å². The number of carbonyl (C=O) groups excluding carboxylic acids is 1. The number of imidazole rings is 1. The van der Waals surface area contributed by atoms with Gasteiger partial charge in [0.2, 0.25) is 0 Å². The van der Waals surface area contributed by atoms with Crippen LogP contribution < -0.4 is 5.32 Å². The lowest BCUT2D eigenvalue weighted by atomic mass is 10.1. The topological polar surface area (TPSA) is 62.5 Å². The van der Waals surface area contributed by atoms with Crippen LogP contribution in [0, 0.1) is 0 Å². The number of thiazole rings is 1. The Hall–Kier alpha value is -2.25. The number of rotatable bonds is 5. The van der Waals surface area contributed by atoms with Crippen molar-refractivity contribution in [2.24, 2.45) is 0 Å². The van der Waals surface area contributed by atoms with Crippen molar-refractivity contribution in [3.05, 3.63) is 53.6 Å². The van der Waals surface area contributed by atoms with Crippen LogP contribution in [-0.4, -0.2) is 44.8 Å². The van der Waals surface area contributed by atoms with E-state index in [2.05, 4.69) is 26.3 Å². The summed E-state index contributed by atoms with van der Waals surface area (Å²) in [6.45, 7) is 2.70. The van der Waals surface area contributed by atoms with Crippen molar-refractivity contribution in [2.75, 3.05) is 19.6 Å². The molecule has 1 atom stereocenters. The first-order valence-electron chi connectivity index (χ1n) is 8.15. The summed E-state index contributed by atoms with van der Waals surface area (Å²) in [4.78, 5) is 24.3. The number of nitrogens with zero attached hydrogens (tertiary/aromatic N) is 4. The molecule has 124 valence electrons. The van der Waals surface area contributed by atoms with Crippen LogP contribution in [0.25, 0.3) is 4.96 Å². The maximum atomic E-state index is 12.4. The van der Waals surface area contributed by atoms with E-state index in [0.717, 1.165) is 23.6 Å². The normalized spacial score (nSPS) is 16.5. The standard InChI is InChI=1S/C17H19N5OS/c23-16(14-12-22-8-9-24-17(22)20-14)19-11-15(21-6-1-2-7-21)13-4-3-5-18-10-13/h3-5,8-10,12,15H,1-2,6-7,11H2,(H,19,23). The maximum absolute atomic E-state index is 12.4. The van der Waals surface area contributed by atoms with Crippen molar-refractivity contribution in [3.8, 4) is 0 Å². The van der Waals surface area contributed by atoms with Gasteiger partial charge in [-0.05, 0) is 37.6 Å². The van der Waals surface area contributed by atoms with Gasteiger partial charge < -0.3 is 5.32 Å². The molecule has 0 aromatic carbocycles. The molecule has 4 rings (SSSR count). The summed E-state index contributed by atoms with van der Waals surface area (Å²) >= 11 is 1.52. The monoisotopic (exact) mass is 341 g/mol. The lowest BCUT2D eigenvalue weighted by Gasteiger charge is -2.27. The molecule has 0 spiro atoms. The molecule has 0 saturated carbocycles. The third-order valence-electron chi connectivity index (χ3n) is 4.43. The molecular weight excluding hydrogens is 322 g/mol. The van der Waals surface area contributed by atoms with E-state index in [-0.39, 0.29) is 11.9 Å². The molecular formula is C17H19N5OS. The molecule has 1 fully saturated rings. The summed E-state index contributed by atoms with van der Waals surface area (Å²) < 4.78 is 1.87. The number of amides is 1. The Balaban J connectivity index is 1.48. The van der Waals surface area contributed by atoms with E-state index in [1.807, 2.05) is 28.2 Å². The first-order valence-corrected chi connectivity index (χ1v) is 9.03. The minimum Gasteiger partial charge on any atom is -0.349 e. The molecule has 0 radical (unpaired) electrons. The molecule has 3 aromatic heterocycles. The van der Waals surface area contributed by atoms with Gasteiger partial charge in [-0.1, -0.05) is 6.07 Å². The third kappa shape index (κ3) is 3.05. The van der Waals surface area contributed by atoms with Gasteiger partial charge >= 0.3 is 0 Å². The summed E-state index contributed by atoms with van der Waals surface area (Å²) in [5, 5.41) is 5.00. The van der Waals surface area contributed by atoms with E-state index in [1.165, 1.54) is 24.2 Å². The molecule has 3 aromatic rings. The van der Waals surface area contributed by atoms with Crippen molar-refractivity contribution in [2.45, 2.75) is 18.9 Å². The molecule has 1 amide bonds. The van der Waals surface area contributed by atoms with Gasteiger partial charge in [0.15, 0.2) is 4.96 Å². The highest BCUT2D eigenvalue weighted by atomic mass is 32.1. The summed E-state index contributed by atoms with van der Waals surface area (Å²) in [6.07, 6.45) is 9.77. The van der Waals surface area contributed by atoms with E-state index < -0.39 is 0 Å². The van der Waals surface area contributed by atoms with E-state index in [4.69, 9.17) is 0 Å². The minimum absolute atomic E-state index is 0.126. The van der Waals surface area contributed by atoms with Crippen LogP contribution in [0.15, 0.2) is 42.3 Å². The van der Waals surface area contributed by atoms with Crippen molar-refractivity contribution < 1.29 is 4.79 Å². The fourth-order valence-electron chi connectivity index (χ4n) is 3.20. The van der Waals surface area contributed by atoms with Crippen molar-refractivity contribution >= 4 is 22.2 Å². The Morgan fingerprint density at radius 3 is 3.00 bits per heavy atom. The highest BCUT2D eigenvalue weighted by Gasteiger charge is 2.24. The number of hydrogen-bond acceptors (Lipinski definition) is 5. The van der Waals surface area contributed by atoms with Gasteiger partial charge in [0.1, 0.15) is 5.69 Å². The van der Waals surface area contributed by atoms with Crippen LogP contribution >= 0.6 is 11.3 Å². The number of pyridine rings is 1. The number of likely N-dealkylation sites (tertiary alicyclic amines) is 1. The Bertz CT molecular complexity index is 793. The van der Waals surface area contributed by atoms with Gasteiger partial charge in [0.05, 0.1) is 6.04 Å². The lowest BCUT2D eigenvalue weighted by molar-refractivity contribution is 0.0933. The molecule has 0 bridgehead atoms. The highest BCUT2D eigenvalue weighted by molar-refractivity contribution is 7.15. The summed E-state index contributed by atoms with van der Waals surface area (Å²) in [6, 6.07) is 4.19. The number of nitrogens with one attached hydrogen (secondary N) is 1. The minimum atomic E-state index is -0.126. The number of carbonyl (C=O) groups is 1. The first kappa shape index (κ1) is 15.3. The number of fused-ring (bicyclic) bond motifs is 1. The van der Waals surface area contributed by atoms with Crippen molar-refractivity contribution in [3.63, 3.8) is 0 Å². The van der Waals surface area contributed by atoms with Gasteiger partial charge in [0, 0.05) is 36.7 Å². The van der Waals surface area contributed by atoms with Crippen molar-refractivity contribution in [1.82, 2.24) is 24.6 Å². The zero-order valence-corrected chi connectivity index (χ0v) is 14.1. The lowest BCUT2D eigenvalue weighted by Crippen LogP contribution is -2.37. The molecule has 1 unspecified atom stereocenters. The molecule has 1 aliphatic heterocycles. The zero-order valence-electron chi connectivity index (χ0n) is 13.3. The maximum Gasteiger partial charge on any atom is 0.271 e. The molecule has 1 saturated heterocycles. The molecule has 1 N–H and O–H groups in total. The average molecular weight is 341 g/mol. The average Bonchev–Trinajstić information content (AvgIpc) is 3.33. The third-order valence-corrected chi connectivity index (χ3v) is 5.20. The van der Waals surface area contributed by atoms with E-state index in [1.54, 1.807) is 12.4 Å². The van der Waals surface area contributed by atoms with Crippen LogP contribution in [0.1, 0.15) is 34.9 Å². The van der Waals surface area contributed by atoms with Gasteiger partial charge in [0.25, 0.3) is 5.91 Å². The largest absolute Gasteiger partial charge is 0.349 e. The summed E-state index contributed by atoms with van der Waals surface area (Å²) in [5.41, 5.74) is 1.61. The fourth-order valence-corrected chi connectivity index (χ4v) is 3.90. The van der Waals surface area contributed by atoms with E-state index in [0.29, 0.717) is 12.2 Å². The SMILES string of the molecule is O=C(NCC(c1cccnc1)N1CCCC1)c1cn2ccsc2n1. The molecule has 6 nitrogen and oxygen atoms in total. The zero-order chi connectivity index (χ0) is 16.4. The Morgan fingerprint density at radius 1 is 1.38 bits per heavy atom. The second-order valence-corrected chi connectivity index (χ2v) is 6.85. The van der Waals surface area contributed by atoms with Crippen LogP contribution in [0.5, 0.6) is 0 Å². The molecule has 1 aliphatic rings. The van der Waals surface area contributed by atoms with Crippen LogP contribution in [0.2, 0.25) is 0 Å². The van der Waals surface area contributed by atoms with E-state index >= 15 is 0 Å². The van der Waals surface area contributed by atoms with Crippen LogP contribution in [0.4, 0.5) is 0 Å². The van der Waals surface area contributed by atoms with Gasteiger partial charge in [-0.2, -0.15) is 0 Å². The Morgan fingerprint density at radius 2 is 2.25 bits per heavy atom. The smallest absolute Gasteiger partial charge is 0.271 e. The Labute approximate surface area is 144 Å². The molecule has 4 heterocycles. The summed E-state index contributed by atoms with van der Waals surface area (Å²) in [5.74, 6) is -0.126. The number of hydrogen-bond donors (Lipinski definition) is 1. The summed E-state index contributed by atoms with van der Waals surface area (Å²) in [7, 11) is 0. The van der Waals surface area contributed by atoms with Crippen LogP contribution in [-0.2, 0) is 0 Å². The van der Waals surface area contributed by atoms with Gasteiger partial charge in [-0.15, -0.1) is 11.3 Å². The molecule has 24 heavy (non-hydrogen) atoms. The predicted octanol–water partition coefficient (Wildman–Crippen LogP) is 2.36.